The van der Waals surface area contributed by atoms with Crippen LogP contribution in [0.3, 0.4) is 0 Å². The van der Waals surface area contributed by atoms with E-state index in [9.17, 15) is 4.79 Å². The topological polar surface area (TPSA) is 82.8 Å². The smallest absolute Gasteiger partial charge is 0.309 e. The SMILES string of the molecule is CNc1ccc(C(c2ccc(C)c(COCc3ccc(OC)cc3)c2)C(C)C(=O)OCc2ccccc2)c(C)c1N. The summed E-state index contributed by atoms with van der Waals surface area (Å²) in [5.74, 6) is -0.147. The number of nitrogens with two attached hydrogens (primary N) is 1. The summed E-state index contributed by atoms with van der Waals surface area (Å²) in [6.45, 7) is 7.18. The van der Waals surface area contributed by atoms with Crippen LogP contribution in [0.1, 0.15) is 51.8 Å². The molecule has 0 saturated carbocycles. The summed E-state index contributed by atoms with van der Waals surface area (Å²) in [6, 6.07) is 28.0. The van der Waals surface area contributed by atoms with E-state index in [2.05, 4.69) is 36.5 Å². The van der Waals surface area contributed by atoms with Gasteiger partial charge in [0, 0.05) is 13.0 Å². The average Bonchev–Trinajstić information content (AvgIpc) is 3.00. The van der Waals surface area contributed by atoms with Gasteiger partial charge in [-0.15, -0.1) is 0 Å². The number of aryl methyl sites for hydroxylation is 1. The fourth-order valence-electron chi connectivity index (χ4n) is 5.08. The molecule has 0 spiro atoms. The summed E-state index contributed by atoms with van der Waals surface area (Å²) < 4.78 is 17.2. The van der Waals surface area contributed by atoms with Gasteiger partial charge in [-0.05, 0) is 71.0 Å². The molecular formula is C35H40N2O4. The normalized spacial score (nSPS) is 12.4. The summed E-state index contributed by atoms with van der Waals surface area (Å²) >= 11 is 0. The van der Waals surface area contributed by atoms with E-state index in [1.807, 2.05) is 81.6 Å². The third-order valence-electron chi connectivity index (χ3n) is 7.67. The van der Waals surface area contributed by atoms with Gasteiger partial charge in [0.2, 0.25) is 0 Å². The molecule has 3 N–H and O–H groups in total. The highest BCUT2D eigenvalue weighted by atomic mass is 16.5. The van der Waals surface area contributed by atoms with Crippen molar-refractivity contribution in [2.75, 3.05) is 25.2 Å². The van der Waals surface area contributed by atoms with Crippen LogP contribution >= 0.6 is 0 Å². The third-order valence-corrected chi connectivity index (χ3v) is 7.67. The number of esters is 1. The zero-order valence-electron chi connectivity index (χ0n) is 24.6. The van der Waals surface area contributed by atoms with Crippen LogP contribution in [-0.4, -0.2) is 20.1 Å². The number of benzene rings is 4. The first-order valence-corrected chi connectivity index (χ1v) is 13.9. The fourth-order valence-corrected chi connectivity index (χ4v) is 5.08. The fraction of sp³-hybridized carbons (Fsp3) is 0.286. The van der Waals surface area contributed by atoms with Gasteiger partial charge in [-0.25, -0.2) is 0 Å². The molecule has 0 bridgehead atoms. The van der Waals surface area contributed by atoms with Crippen LogP contribution in [0.5, 0.6) is 5.75 Å². The molecule has 4 aromatic rings. The second-order valence-corrected chi connectivity index (χ2v) is 10.4. The van der Waals surface area contributed by atoms with Crippen LogP contribution in [-0.2, 0) is 34.1 Å². The lowest BCUT2D eigenvalue weighted by molar-refractivity contribution is -0.149. The molecule has 0 heterocycles. The van der Waals surface area contributed by atoms with Crippen LogP contribution < -0.4 is 15.8 Å². The van der Waals surface area contributed by atoms with Crippen molar-refractivity contribution in [3.05, 3.63) is 124 Å². The molecule has 0 aromatic heterocycles. The molecule has 0 aliphatic rings. The molecule has 6 nitrogen and oxygen atoms in total. The summed E-state index contributed by atoms with van der Waals surface area (Å²) in [4.78, 5) is 13.5. The minimum Gasteiger partial charge on any atom is -0.497 e. The number of rotatable bonds is 12. The van der Waals surface area contributed by atoms with Gasteiger partial charge in [0.15, 0.2) is 0 Å². The highest BCUT2D eigenvalue weighted by Gasteiger charge is 2.31. The number of hydrogen-bond acceptors (Lipinski definition) is 6. The van der Waals surface area contributed by atoms with Crippen molar-refractivity contribution >= 4 is 17.3 Å². The first-order chi connectivity index (χ1) is 19.8. The Morgan fingerprint density at radius 3 is 2.27 bits per heavy atom. The average molecular weight is 553 g/mol. The molecule has 41 heavy (non-hydrogen) atoms. The van der Waals surface area contributed by atoms with Crippen LogP contribution in [0.15, 0.2) is 84.9 Å². The molecule has 2 unspecified atom stereocenters. The van der Waals surface area contributed by atoms with E-state index in [0.29, 0.717) is 18.9 Å². The molecule has 214 valence electrons. The highest BCUT2D eigenvalue weighted by molar-refractivity contribution is 5.76. The minimum absolute atomic E-state index is 0.231. The largest absolute Gasteiger partial charge is 0.497 e. The van der Waals surface area contributed by atoms with E-state index in [-0.39, 0.29) is 18.5 Å². The lowest BCUT2D eigenvalue weighted by Gasteiger charge is -2.27. The molecule has 0 saturated heterocycles. The molecule has 6 heteroatoms. The van der Waals surface area contributed by atoms with Crippen molar-refractivity contribution in [3.8, 4) is 5.75 Å². The first-order valence-electron chi connectivity index (χ1n) is 13.9. The van der Waals surface area contributed by atoms with Gasteiger partial charge in [0.25, 0.3) is 0 Å². The maximum absolute atomic E-state index is 13.5. The second kappa shape index (κ2) is 13.9. The Bertz CT molecular complexity index is 1450. The minimum atomic E-state index is -0.451. The molecule has 0 amide bonds. The third kappa shape index (κ3) is 7.27. The number of anilines is 2. The molecule has 0 fully saturated rings. The highest BCUT2D eigenvalue weighted by Crippen LogP contribution is 2.39. The van der Waals surface area contributed by atoms with Gasteiger partial charge in [0.1, 0.15) is 12.4 Å². The number of nitrogen functional groups attached to an aromatic ring is 1. The number of ether oxygens (including phenoxy) is 3. The van der Waals surface area contributed by atoms with Gasteiger partial charge in [-0.2, -0.15) is 0 Å². The van der Waals surface area contributed by atoms with Gasteiger partial charge in [-0.1, -0.05) is 73.7 Å². The molecule has 0 radical (unpaired) electrons. The summed E-state index contributed by atoms with van der Waals surface area (Å²) in [5.41, 5.74) is 15.2. The number of hydrogen-bond donors (Lipinski definition) is 2. The lowest BCUT2D eigenvalue weighted by atomic mass is 9.78. The predicted molar refractivity (Wildman–Crippen MR) is 165 cm³/mol. The number of carbonyl (C=O) groups is 1. The second-order valence-electron chi connectivity index (χ2n) is 10.4. The van der Waals surface area contributed by atoms with Gasteiger partial charge < -0.3 is 25.3 Å². The maximum Gasteiger partial charge on any atom is 0.309 e. The van der Waals surface area contributed by atoms with Crippen molar-refractivity contribution in [3.63, 3.8) is 0 Å². The van der Waals surface area contributed by atoms with Gasteiger partial charge >= 0.3 is 5.97 Å². The molecular weight excluding hydrogens is 512 g/mol. The molecule has 4 aromatic carbocycles. The van der Waals surface area contributed by atoms with Crippen molar-refractivity contribution in [1.82, 2.24) is 0 Å². The zero-order chi connectivity index (χ0) is 29.4. The van der Waals surface area contributed by atoms with Crippen LogP contribution in [0.4, 0.5) is 11.4 Å². The van der Waals surface area contributed by atoms with Crippen molar-refractivity contribution in [1.29, 1.82) is 0 Å². The van der Waals surface area contributed by atoms with E-state index in [1.54, 1.807) is 7.11 Å². The monoisotopic (exact) mass is 552 g/mol. The number of methoxy groups -OCH3 is 1. The number of carbonyl (C=O) groups excluding carboxylic acids is 1. The number of nitrogens with one attached hydrogen (secondary N) is 1. The summed E-state index contributed by atoms with van der Waals surface area (Å²) in [7, 11) is 3.51. The summed E-state index contributed by atoms with van der Waals surface area (Å²) in [6.07, 6.45) is 0. The van der Waals surface area contributed by atoms with Crippen LogP contribution in [0.25, 0.3) is 0 Å². The van der Waals surface area contributed by atoms with Gasteiger partial charge in [0.05, 0.1) is 37.6 Å². The summed E-state index contributed by atoms with van der Waals surface area (Å²) in [5, 5.41) is 3.15. The predicted octanol–water partition coefficient (Wildman–Crippen LogP) is 7.16. The van der Waals surface area contributed by atoms with E-state index in [0.717, 1.165) is 50.4 Å². The zero-order valence-corrected chi connectivity index (χ0v) is 24.6. The van der Waals surface area contributed by atoms with E-state index in [4.69, 9.17) is 19.9 Å². The Morgan fingerprint density at radius 2 is 1.59 bits per heavy atom. The van der Waals surface area contributed by atoms with E-state index < -0.39 is 5.92 Å². The van der Waals surface area contributed by atoms with Crippen LogP contribution in [0, 0.1) is 19.8 Å². The molecule has 2 atom stereocenters. The quantitative estimate of drug-likeness (QED) is 0.143. The Kier molecular flexibility index (Phi) is 10.0. The maximum atomic E-state index is 13.5. The lowest BCUT2D eigenvalue weighted by Crippen LogP contribution is -2.24. The van der Waals surface area contributed by atoms with E-state index in [1.165, 1.54) is 0 Å². The first kappa shape index (κ1) is 29.7. The Morgan fingerprint density at radius 1 is 0.878 bits per heavy atom. The Balaban J connectivity index is 1.61. The van der Waals surface area contributed by atoms with Crippen molar-refractivity contribution in [2.45, 2.75) is 46.5 Å². The standard InChI is InChI=1S/C35H40N2O4/c1-23-11-14-28(19-29(23)22-40-20-27-12-15-30(39-5)16-13-27)33(31-17-18-32(37-4)34(36)24(31)2)25(3)35(38)41-21-26-9-7-6-8-10-26/h6-19,25,33,37H,20-22,36H2,1-5H3. The molecule has 0 aliphatic heterocycles. The van der Waals surface area contributed by atoms with Gasteiger partial charge in [-0.3, -0.25) is 4.79 Å². The molecule has 0 aliphatic carbocycles. The molecule has 4 rings (SSSR count). The van der Waals surface area contributed by atoms with Crippen molar-refractivity contribution in [2.24, 2.45) is 5.92 Å². The Labute approximate surface area is 243 Å². The van der Waals surface area contributed by atoms with Crippen molar-refractivity contribution < 1.29 is 19.0 Å². The van der Waals surface area contributed by atoms with E-state index >= 15 is 0 Å². The van der Waals surface area contributed by atoms with Crippen LogP contribution in [0.2, 0.25) is 0 Å². The Hall–Kier alpha value is -4.29.